The number of aliphatic carboxylic acids is 1. The van der Waals surface area contributed by atoms with E-state index < -0.39 is 24.5 Å². The average molecular weight is 226 g/mol. The second-order valence-corrected chi connectivity index (χ2v) is 3.54. The number of carbonyl (C=O) groups is 2. The van der Waals surface area contributed by atoms with E-state index in [2.05, 4.69) is 5.92 Å². The van der Waals surface area contributed by atoms with Crippen molar-refractivity contribution in [2.75, 3.05) is 13.1 Å². The summed E-state index contributed by atoms with van der Waals surface area (Å²) in [5.41, 5.74) is 5.66. The lowest BCUT2D eigenvalue weighted by Crippen LogP contribution is -2.46. The molecule has 5 heteroatoms. The number of amides is 1. The van der Waals surface area contributed by atoms with Crippen LogP contribution >= 0.6 is 0 Å². The van der Waals surface area contributed by atoms with Crippen LogP contribution in [0, 0.1) is 12.3 Å². The quantitative estimate of drug-likeness (QED) is 0.601. The monoisotopic (exact) mass is 226 g/mol. The third-order valence-corrected chi connectivity index (χ3v) is 2.11. The molecule has 3 N–H and O–H groups in total. The van der Waals surface area contributed by atoms with E-state index in [1.54, 1.807) is 0 Å². The zero-order valence-corrected chi connectivity index (χ0v) is 9.48. The van der Waals surface area contributed by atoms with Gasteiger partial charge in [0.2, 0.25) is 5.91 Å². The number of carbonyl (C=O) groups excluding carboxylic acids is 1. The van der Waals surface area contributed by atoms with Gasteiger partial charge in [0.25, 0.3) is 0 Å². The summed E-state index contributed by atoms with van der Waals surface area (Å²) < 4.78 is 0. The van der Waals surface area contributed by atoms with Crippen molar-refractivity contribution in [3.63, 3.8) is 0 Å². The number of terminal acetylenes is 1. The standard InChI is InChI=1S/C11H18N2O3/c1-3-5-6-9(12)11(16)13(7-4-2)8-10(14)15/h2,9H,3,5-8,12H2,1H3,(H,14,15). The summed E-state index contributed by atoms with van der Waals surface area (Å²) in [6, 6.07) is -0.660. The molecule has 1 atom stereocenters. The Kier molecular flexibility index (Phi) is 6.97. The molecule has 0 bridgehead atoms. The highest BCUT2D eigenvalue weighted by Gasteiger charge is 2.21. The third kappa shape index (κ3) is 5.37. The van der Waals surface area contributed by atoms with Gasteiger partial charge in [-0.25, -0.2) is 0 Å². The van der Waals surface area contributed by atoms with Crippen LogP contribution < -0.4 is 5.73 Å². The van der Waals surface area contributed by atoms with Gasteiger partial charge in [-0.2, -0.15) is 0 Å². The summed E-state index contributed by atoms with van der Waals surface area (Å²) in [6.07, 6.45) is 7.39. The van der Waals surface area contributed by atoms with E-state index in [1.807, 2.05) is 6.92 Å². The Labute approximate surface area is 95.6 Å². The van der Waals surface area contributed by atoms with Gasteiger partial charge in [-0.1, -0.05) is 25.7 Å². The number of unbranched alkanes of at least 4 members (excludes halogenated alkanes) is 1. The molecule has 1 amide bonds. The zero-order valence-electron chi connectivity index (χ0n) is 9.48. The summed E-state index contributed by atoms with van der Waals surface area (Å²) in [5, 5.41) is 8.61. The summed E-state index contributed by atoms with van der Waals surface area (Å²) in [5.74, 6) is 0.765. The molecule has 0 rings (SSSR count). The van der Waals surface area contributed by atoms with E-state index in [4.69, 9.17) is 17.3 Å². The number of hydrogen-bond donors (Lipinski definition) is 2. The van der Waals surface area contributed by atoms with Crippen molar-refractivity contribution < 1.29 is 14.7 Å². The van der Waals surface area contributed by atoms with Crippen LogP contribution in [0.15, 0.2) is 0 Å². The third-order valence-electron chi connectivity index (χ3n) is 2.11. The number of hydrogen-bond acceptors (Lipinski definition) is 3. The van der Waals surface area contributed by atoms with Crippen molar-refractivity contribution in [2.24, 2.45) is 5.73 Å². The van der Waals surface area contributed by atoms with E-state index in [0.717, 1.165) is 17.7 Å². The molecule has 0 saturated carbocycles. The van der Waals surface area contributed by atoms with Crippen molar-refractivity contribution in [3.05, 3.63) is 0 Å². The maximum absolute atomic E-state index is 11.7. The van der Waals surface area contributed by atoms with E-state index >= 15 is 0 Å². The fourth-order valence-electron chi connectivity index (χ4n) is 1.27. The second kappa shape index (κ2) is 7.71. The summed E-state index contributed by atoms with van der Waals surface area (Å²) in [6.45, 7) is 1.57. The Morgan fingerprint density at radius 1 is 1.56 bits per heavy atom. The molecule has 0 aromatic rings. The topological polar surface area (TPSA) is 83.6 Å². The van der Waals surface area contributed by atoms with Crippen LogP contribution in [-0.2, 0) is 9.59 Å². The minimum Gasteiger partial charge on any atom is -0.480 e. The first-order chi connectivity index (χ1) is 7.52. The smallest absolute Gasteiger partial charge is 0.323 e. The summed E-state index contributed by atoms with van der Waals surface area (Å²) in [7, 11) is 0. The molecule has 0 aliphatic carbocycles. The van der Waals surface area contributed by atoms with Gasteiger partial charge in [-0.15, -0.1) is 6.42 Å². The Balaban J connectivity index is 4.36. The lowest BCUT2D eigenvalue weighted by Gasteiger charge is -2.21. The van der Waals surface area contributed by atoms with E-state index in [9.17, 15) is 9.59 Å². The molecule has 0 aliphatic rings. The fourth-order valence-corrected chi connectivity index (χ4v) is 1.27. The number of carboxylic acids is 1. The van der Waals surface area contributed by atoms with E-state index in [0.29, 0.717) is 6.42 Å². The largest absolute Gasteiger partial charge is 0.480 e. The van der Waals surface area contributed by atoms with E-state index in [1.165, 1.54) is 0 Å². The number of nitrogens with zero attached hydrogens (tertiary/aromatic N) is 1. The van der Waals surface area contributed by atoms with Crippen molar-refractivity contribution in [1.82, 2.24) is 4.90 Å². The van der Waals surface area contributed by atoms with Crippen LogP contribution in [0.5, 0.6) is 0 Å². The Bertz CT molecular complexity index is 283. The van der Waals surface area contributed by atoms with Gasteiger partial charge in [-0.3, -0.25) is 9.59 Å². The molecule has 5 nitrogen and oxygen atoms in total. The molecule has 0 spiro atoms. The highest BCUT2D eigenvalue weighted by Crippen LogP contribution is 2.02. The molecular weight excluding hydrogens is 208 g/mol. The van der Waals surface area contributed by atoms with Gasteiger partial charge in [0, 0.05) is 0 Å². The van der Waals surface area contributed by atoms with Gasteiger partial charge in [-0.05, 0) is 6.42 Å². The Morgan fingerprint density at radius 3 is 2.62 bits per heavy atom. The maximum atomic E-state index is 11.7. The second-order valence-electron chi connectivity index (χ2n) is 3.54. The van der Waals surface area contributed by atoms with Crippen molar-refractivity contribution in [2.45, 2.75) is 32.2 Å². The molecule has 0 heterocycles. The van der Waals surface area contributed by atoms with Crippen LogP contribution in [0.3, 0.4) is 0 Å². The summed E-state index contributed by atoms with van der Waals surface area (Å²) in [4.78, 5) is 23.3. The molecule has 0 saturated heterocycles. The fraction of sp³-hybridized carbons (Fsp3) is 0.636. The molecule has 0 aromatic carbocycles. The van der Waals surface area contributed by atoms with Crippen LogP contribution in [0.1, 0.15) is 26.2 Å². The van der Waals surface area contributed by atoms with Crippen LogP contribution in [-0.4, -0.2) is 41.0 Å². The Morgan fingerprint density at radius 2 is 2.19 bits per heavy atom. The number of nitrogens with two attached hydrogens (primary N) is 1. The first-order valence-corrected chi connectivity index (χ1v) is 5.22. The highest BCUT2D eigenvalue weighted by atomic mass is 16.4. The summed E-state index contributed by atoms with van der Waals surface area (Å²) >= 11 is 0. The molecule has 0 radical (unpaired) electrons. The van der Waals surface area contributed by atoms with Crippen molar-refractivity contribution in [3.8, 4) is 12.3 Å². The van der Waals surface area contributed by atoms with Gasteiger partial charge in [0.05, 0.1) is 12.6 Å². The molecule has 0 aliphatic heterocycles. The first-order valence-electron chi connectivity index (χ1n) is 5.22. The van der Waals surface area contributed by atoms with Crippen LogP contribution in [0.2, 0.25) is 0 Å². The minimum absolute atomic E-state index is 0.0229. The molecule has 0 aromatic heterocycles. The molecule has 1 unspecified atom stereocenters. The van der Waals surface area contributed by atoms with E-state index in [-0.39, 0.29) is 6.54 Å². The molecule has 0 fully saturated rings. The highest BCUT2D eigenvalue weighted by molar-refractivity contribution is 5.85. The first kappa shape index (κ1) is 14.5. The normalized spacial score (nSPS) is 11.6. The van der Waals surface area contributed by atoms with Gasteiger partial charge in [0.15, 0.2) is 0 Å². The lowest BCUT2D eigenvalue weighted by molar-refractivity contribution is -0.144. The van der Waals surface area contributed by atoms with Crippen molar-refractivity contribution >= 4 is 11.9 Å². The van der Waals surface area contributed by atoms with Gasteiger partial charge >= 0.3 is 5.97 Å². The van der Waals surface area contributed by atoms with Gasteiger partial charge in [0.1, 0.15) is 6.54 Å². The lowest BCUT2D eigenvalue weighted by atomic mass is 10.1. The molecule has 16 heavy (non-hydrogen) atoms. The molecular formula is C11H18N2O3. The maximum Gasteiger partial charge on any atom is 0.323 e. The van der Waals surface area contributed by atoms with Crippen LogP contribution in [0.4, 0.5) is 0 Å². The predicted molar refractivity (Wildman–Crippen MR) is 60.5 cm³/mol. The zero-order chi connectivity index (χ0) is 12.6. The number of carboxylic acid groups (broad SMARTS) is 1. The average Bonchev–Trinajstić information content (AvgIpc) is 2.23. The number of rotatable bonds is 7. The van der Waals surface area contributed by atoms with Gasteiger partial charge < -0.3 is 15.7 Å². The minimum atomic E-state index is -1.09. The molecule has 90 valence electrons. The van der Waals surface area contributed by atoms with Crippen molar-refractivity contribution in [1.29, 1.82) is 0 Å². The van der Waals surface area contributed by atoms with Crippen LogP contribution in [0.25, 0.3) is 0 Å². The SMILES string of the molecule is C#CCN(CC(=O)O)C(=O)C(N)CCCC. The Hall–Kier alpha value is -1.54. The predicted octanol–water partition coefficient (Wildman–Crippen LogP) is 0.0503.